The van der Waals surface area contributed by atoms with Gasteiger partial charge in [0, 0.05) is 37.3 Å². The molecule has 0 amide bonds. The topological polar surface area (TPSA) is 92.5 Å². The molecule has 0 radical (unpaired) electrons. The highest BCUT2D eigenvalue weighted by atomic mass is 32.2. The first kappa shape index (κ1) is 16.4. The number of hydrogen-bond donors (Lipinski definition) is 1. The minimum Gasteiger partial charge on any atom is -0.299 e. The van der Waals surface area contributed by atoms with Crippen LogP contribution in [0, 0.1) is 10.1 Å². The number of likely N-dealkylation sites (tertiary alicyclic amines) is 1. The first-order valence-electron chi connectivity index (χ1n) is 7.96. The number of nitro groups is 1. The highest BCUT2D eigenvalue weighted by Crippen LogP contribution is 2.27. The summed E-state index contributed by atoms with van der Waals surface area (Å²) in [5.74, 6) is 0. The van der Waals surface area contributed by atoms with E-state index in [1.165, 1.54) is 49.9 Å². The lowest BCUT2D eigenvalue weighted by molar-refractivity contribution is -0.384. The molecule has 2 fully saturated rings. The second-order valence-electron chi connectivity index (χ2n) is 6.29. The summed E-state index contributed by atoms with van der Waals surface area (Å²) >= 11 is 0. The Morgan fingerprint density at radius 3 is 2.39 bits per heavy atom. The predicted octanol–water partition coefficient (Wildman–Crippen LogP) is 1.89. The Labute approximate surface area is 135 Å². The summed E-state index contributed by atoms with van der Waals surface area (Å²) in [5, 5.41) is 10.6. The fourth-order valence-corrected chi connectivity index (χ4v) is 4.78. The molecular weight excluding hydrogens is 318 g/mol. The minimum absolute atomic E-state index is 0.0717. The van der Waals surface area contributed by atoms with Crippen LogP contribution in [-0.4, -0.2) is 43.4 Å². The smallest absolute Gasteiger partial charge is 0.269 e. The molecule has 2 aliphatic rings. The van der Waals surface area contributed by atoms with Gasteiger partial charge < -0.3 is 0 Å². The van der Waals surface area contributed by atoms with Crippen LogP contribution in [0.15, 0.2) is 29.2 Å². The molecule has 1 saturated heterocycles. The first-order valence-corrected chi connectivity index (χ1v) is 9.45. The lowest BCUT2D eigenvalue weighted by Crippen LogP contribution is -2.39. The standard InChI is InChI=1S/C15H21N3O4S/c19-18(20)14-5-7-15(8-6-14)23(21,22)16-12-9-10-17(11-12)13-3-1-2-4-13/h5-8,12-13,16H,1-4,9-11H2/t12-/m0/s1. The number of nitro benzene ring substituents is 1. The van der Waals surface area contributed by atoms with Gasteiger partial charge >= 0.3 is 0 Å². The highest BCUT2D eigenvalue weighted by Gasteiger charge is 2.32. The lowest BCUT2D eigenvalue weighted by Gasteiger charge is -2.23. The van der Waals surface area contributed by atoms with Crippen LogP contribution in [0.4, 0.5) is 5.69 Å². The Hall–Kier alpha value is -1.51. The Bertz CT molecular complexity index is 668. The molecule has 1 N–H and O–H groups in total. The monoisotopic (exact) mass is 339 g/mol. The van der Waals surface area contributed by atoms with Crippen LogP contribution >= 0.6 is 0 Å². The fraction of sp³-hybridized carbons (Fsp3) is 0.600. The van der Waals surface area contributed by atoms with E-state index in [2.05, 4.69) is 9.62 Å². The number of non-ortho nitro benzene ring substituents is 1. The summed E-state index contributed by atoms with van der Waals surface area (Å²) in [6.07, 6.45) is 5.76. The van der Waals surface area contributed by atoms with Gasteiger partial charge in [0.05, 0.1) is 9.82 Å². The molecule has 3 rings (SSSR count). The van der Waals surface area contributed by atoms with Crippen LogP contribution in [0.2, 0.25) is 0 Å². The van der Waals surface area contributed by atoms with Crippen molar-refractivity contribution >= 4 is 15.7 Å². The summed E-state index contributed by atoms with van der Waals surface area (Å²) in [4.78, 5) is 12.6. The van der Waals surface area contributed by atoms with E-state index in [9.17, 15) is 18.5 Å². The molecule has 1 aliphatic heterocycles. The number of benzene rings is 1. The van der Waals surface area contributed by atoms with E-state index in [-0.39, 0.29) is 16.6 Å². The van der Waals surface area contributed by atoms with Gasteiger partial charge in [0.15, 0.2) is 0 Å². The lowest BCUT2D eigenvalue weighted by atomic mass is 10.2. The molecule has 0 unspecified atom stereocenters. The van der Waals surface area contributed by atoms with Crippen LogP contribution in [0.1, 0.15) is 32.1 Å². The van der Waals surface area contributed by atoms with E-state index >= 15 is 0 Å². The molecule has 1 aliphatic carbocycles. The average molecular weight is 339 g/mol. The Balaban J connectivity index is 1.63. The molecule has 7 nitrogen and oxygen atoms in total. The van der Waals surface area contributed by atoms with Crippen molar-refractivity contribution in [3.05, 3.63) is 34.4 Å². The zero-order chi connectivity index (χ0) is 16.4. The SMILES string of the molecule is O=[N+]([O-])c1ccc(S(=O)(=O)N[C@H]2CCN(C3CCCC3)C2)cc1. The van der Waals surface area contributed by atoms with Crippen molar-refractivity contribution in [2.24, 2.45) is 0 Å². The summed E-state index contributed by atoms with van der Waals surface area (Å²) in [7, 11) is -3.63. The van der Waals surface area contributed by atoms with Crippen molar-refractivity contribution in [2.75, 3.05) is 13.1 Å². The Morgan fingerprint density at radius 2 is 1.78 bits per heavy atom. The maximum Gasteiger partial charge on any atom is 0.269 e. The maximum absolute atomic E-state index is 12.4. The van der Waals surface area contributed by atoms with Gasteiger partial charge in [-0.15, -0.1) is 0 Å². The first-order chi connectivity index (χ1) is 11.0. The van der Waals surface area contributed by atoms with Crippen molar-refractivity contribution < 1.29 is 13.3 Å². The number of nitrogens with zero attached hydrogens (tertiary/aromatic N) is 2. The quantitative estimate of drug-likeness (QED) is 0.653. The molecule has 0 spiro atoms. The largest absolute Gasteiger partial charge is 0.299 e. The molecule has 126 valence electrons. The molecule has 1 aromatic rings. The zero-order valence-corrected chi connectivity index (χ0v) is 13.7. The molecular formula is C15H21N3O4S. The second kappa shape index (κ2) is 6.54. The van der Waals surface area contributed by atoms with Gasteiger partial charge in [-0.2, -0.15) is 0 Å². The van der Waals surface area contributed by atoms with E-state index < -0.39 is 14.9 Å². The zero-order valence-electron chi connectivity index (χ0n) is 12.8. The molecule has 1 saturated carbocycles. The predicted molar refractivity (Wildman–Crippen MR) is 85.7 cm³/mol. The number of nitrogens with one attached hydrogen (secondary N) is 1. The van der Waals surface area contributed by atoms with Gasteiger partial charge in [0.2, 0.25) is 10.0 Å². The van der Waals surface area contributed by atoms with Gasteiger partial charge in [-0.3, -0.25) is 15.0 Å². The summed E-state index contributed by atoms with van der Waals surface area (Å²) < 4.78 is 27.5. The number of rotatable bonds is 5. The van der Waals surface area contributed by atoms with E-state index in [1.54, 1.807) is 0 Å². The third kappa shape index (κ3) is 3.70. The van der Waals surface area contributed by atoms with E-state index in [1.807, 2.05) is 0 Å². The Morgan fingerprint density at radius 1 is 1.13 bits per heavy atom. The van der Waals surface area contributed by atoms with Gasteiger partial charge in [0.25, 0.3) is 5.69 Å². The molecule has 0 aromatic heterocycles. The molecule has 1 heterocycles. The normalized spacial score (nSPS) is 23.4. The van der Waals surface area contributed by atoms with E-state index in [0.29, 0.717) is 6.04 Å². The van der Waals surface area contributed by atoms with Crippen LogP contribution in [0.5, 0.6) is 0 Å². The Kier molecular flexibility index (Phi) is 4.65. The summed E-state index contributed by atoms with van der Waals surface area (Å²) in [6.45, 7) is 1.68. The molecule has 1 atom stereocenters. The van der Waals surface area contributed by atoms with E-state index in [0.717, 1.165) is 19.5 Å². The van der Waals surface area contributed by atoms with Crippen molar-refractivity contribution in [3.63, 3.8) is 0 Å². The van der Waals surface area contributed by atoms with Crippen molar-refractivity contribution in [1.29, 1.82) is 0 Å². The van der Waals surface area contributed by atoms with Gasteiger partial charge in [-0.25, -0.2) is 13.1 Å². The third-order valence-electron chi connectivity index (χ3n) is 4.74. The molecule has 23 heavy (non-hydrogen) atoms. The fourth-order valence-electron chi connectivity index (χ4n) is 3.52. The number of sulfonamides is 1. The minimum atomic E-state index is -3.63. The van der Waals surface area contributed by atoms with Crippen LogP contribution in [0.3, 0.4) is 0 Å². The number of hydrogen-bond acceptors (Lipinski definition) is 5. The molecule has 1 aromatic carbocycles. The van der Waals surface area contributed by atoms with Gasteiger partial charge in [0.1, 0.15) is 0 Å². The van der Waals surface area contributed by atoms with Crippen molar-refractivity contribution in [3.8, 4) is 0 Å². The van der Waals surface area contributed by atoms with Gasteiger partial charge in [-0.1, -0.05) is 12.8 Å². The van der Waals surface area contributed by atoms with Crippen LogP contribution in [0.25, 0.3) is 0 Å². The van der Waals surface area contributed by atoms with Crippen molar-refractivity contribution in [2.45, 2.75) is 49.1 Å². The maximum atomic E-state index is 12.4. The summed E-state index contributed by atoms with van der Waals surface area (Å²) in [5.41, 5.74) is -0.114. The second-order valence-corrected chi connectivity index (χ2v) is 8.01. The van der Waals surface area contributed by atoms with E-state index in [4.69, 9.17) is 0 Å². The van der Waals surface area contributed by atoms with Crippen molar-refractivity contribution in [1.82, 2.24) is 9.62 Å². The average Bonchev–Trinajstić information content (AvgIpc) is 3.18. The van der Waals surface area contributed by atoms with Crippen LogP contribution in [-0.2, 0) is 10.0 Å². The van der Waals surface area contributed by atoms with Crippen LogP contribution < -0.4 is 4.72 Å². The molecule has 0 bridgehead atoms. The summed E-state index contributed by atoms with van der Waals surface area (Å²) in [6, 6.07) is 5.51. The third-order valence-corrected chi connectivity index (χ3v) is 6.28. The molecule has 8 heteroatoms. The van der Waals surface area contributed by atoms with Gasteiger partial charge in [-0.05, 0) is 31.4 Å². The highest BCUT2D eigenvalue weighted by molar-refractivity contribution is 7.89.